The molecule has 0 saturated carbocycles. The standard InChI is InChI=1S/C20H17F2N3O2/c21-17-7-4-8-18(22)16(17)13-26-19-9-10-20(24-23-19)27-15-11-25(12-15)14-5-2-1-3-6-14/h1-10,15H,11-13H2. The first kappa shape index (κ1) is 17.2. The Morgan fingerprint density at radius 2 is 1.52 bits per heavy atom. The molecule has 1 saturated heterocycles. The fourth-order valence-corrected chi connectivity index (χ4v) is 2.80. The molecule has 138 valence electrons. The minimum Gasteiger partial charge on any atom is -0.471 e. The highest BCUT2D eigenvalue weighted by Gasteiger charge is 2.28. The van der Waals surface area contributed by atoms with Crippen LogP contribution in [0.2, 0.25) is 0 Å². The number of halogens is 2. The molecule has 0 bridgehead atoms. The van der Waals surface area contributed by atoms with Crippen LogP contribution >= 0.6 is 0 Å². The molecule has 27 heavy (non-hydrogen) atoms. The predicted octanol–water partition coefficient (Wildman–Crippen LogP) is 3.60. The van der Waals surface area contributed by atoms with Crippen LogP contribution in [0.25, 0.3) is 0 Å². The van der Waals surface area contributed by atoms with Crippen LogP contribution in [-0.2, 0) is 6.61 Å². The molecular weight excluding hydrogens is 352 g/mol. The van der Waals surface area contributed by atoms with E-state index in [-0.39, 0.29) is 24.2 Å². The maximum atomic E-state index is 13.6. The molecule has 5 nitrogen and oxygen atoms in total. The van der Waals surface area contributed by atoms with Gasteiger partial charge >= 0.3 is 0 Å². The number of hydrogen-bond donors (Lipinski definition) is 0. The van der Waals surface area contributed by atoms with E-state index in [4.69, 9.17) is 9.47 Å². The predicted molar refractivity (Wildman–Crippen MR) is 95.8 cm³/mol. The maximum absolute atomic E-state index is 13.6. The quantitative estimate of drug-likeness (QED) is 0.664. The molecule has 0 unspecified atom stereocenters. The van der Waals surface area contributed by atoms with Gasteiger partial charge in [-0.3, -0.25) is 0 Å². The Labute approximate surface area is 155 Å². The highest BCUT2D eigenvalue weighted by molar-refractivity contribution is 5.48. The third kappa shape index (κ3) is 3.97. The molecule has 0 N–H and O–H groups in total. The monoisotopic (exact) mass is 369 g/mol. The second-order valence-electron chi connectivity index (χ2n) is 6.18. The van der Waals surface area contributed by atoms with Crippen LogP contribution in [0.4, 0.5) is 14.5 Å². The smallest absolute Gasteiger partial charge is 0.234 e. The van der Waals surface area contributed by atoms with Crippen LogP contribution in [0.3, 0.4) is 0 Å². The van der Waals surface area contributed by atoms with Crippen molar-refractivity contribution in [2.24, 2.45) is 0 Å². The summed E-state index contributed by atoms with van der Waals surface area (Å²) in [6.07, 6.45) is 0.0405. The molecule has 7 heteroatoms. The van der Waals surface area contributed by atoms with E-state index >= 15 is 0 Å². The molecule has 0 amide bonds. The van der Waals surface area contributed by atoms with Crippen molar-refractivity contribution >= 4 is 5.69 Å². The van der Waals surface area contributed by atoms with Gasteiger partial charge in [-0.05, 0) is 24.3 Å². The summed E-state index contributed by atoms with van der Waals surface area (Å²) in [5, 5.41) is 7.84. The fraction of sp³-hybridized carbons (Fsp3) is 0.200. The van der Waals surface area contributed by atoms with Crippen molar-refractivity contribution in [2.45, 2.75) is 12.7 Å². The molecule has 1 aromatic heterocycles. The van der Waals surface area contributed by atoms with Crippen LogP contribution in [-0.4, -0.2) is 29.4 Å². The van der Waals surface area contributed by atoms with E-state index in [0.29, 0.717) is 5.88 Å². The zero-order valence-electron chi connectivity index (χ0n) is 14.4. The van der Waals surface area contributed by atoms with E-state index in [2.05, 4.69) is 27.2 Å². The number of benzene rings is 2. The second-order valence-corrected chi connectivity index (χ2v) is 6.18. The van der Waals surface area contributed by atoms with Crippen molar-refractivity contribution < 1.29 is 18.3 Å². The zero-order chi connectivity index (χ0) is 18.6. The average Bonchev–Trinajstić information content (AvgIpc) is 2.66. The Balaban J connectivity index is 1.28. The molecule has 0 radical (unpaired) electrons. The topological polar surface area (TPSA) is 47.5 Å². The van der Waals surface area contributed by atoms with Crippen molar-refractivity contribution in [1.29, 1.82) is 0 Å². The van der Waals surface area contributed by atoms with Crippen LogP contribution in [0.1, 0.15) is 5.56 Å². The van der Waals surface area contributed by atoms with Gasteiger partial charge in [0.1, 0.15) is 24.3 Å². The average molecular weight is 369 g/mol. The number of aromatic nitrogens is 2. The summed E-state index contributed by atoms with van der Waals surface area (Å²) >= 11 is 0. The first-order valence-electron chi connectivity index (χ1n) is 8.55. The Bertz CT molecular complexity index is 881. The molecule has 2 aromatic carbocycles. The number of nitrogens with zero attached hydrogens (tertiary/aromatic N) is 3. The zero-order valence-corrected chi connectivity index (χ0v) is 14.4. The van der Waals surface area contributed by atoms with Crippen molar-refractivity contribution in [3.05, 3.63) is 77.9 Å². The maximum Gasteiger partial charge on any atom is 0.234 e. The number of para-hydroxylation sites is 1. The van der Waals surface area contributed by atoms with Crippen LogP contribution in [0, 0.1) is 11.6 Å². The van der Waals surface area contributed by atoms with Gasteiger partial charge in [0.15, 0.2) is 0 Å². The van der Waals surface area contributed by atoms with Gasteiger partial charge in [-0.2, -0.15) is 0 Å². The summed E-state index contributed by atoms with van der Waals surface area (Å²) in [5.74, 6) is -0.756. The fourth-order valence-electron chi connectivity index (χ4n) is 2.80. The second kappa shape index (κ2) is 7.57. The molecule has 1 fully saturated rings. The molecule has 1 aliphatic heterocycles. The lowest BCUT2D eigenvalue weighted by Gasteiger charge is -2.40. The van der Waals surface area contributed by atoms with Crippen LogP contribution in [0.5, 0.6) is 11.8 Å². The lowest BCUT2D eigenvalue weighted by molar-refractivity contribution is 0.158. The third-order valence-electron chi connectivity index (χ3n) is 4.30. The van der Waals surface area contributed by atoms with Gasteiger partial charge in [0, 0.05) is 17.8 Å². The Hall–Kier alpha value is -3.22. The van der Waals surface area contributed by atoms with E-state index in [1.165, 1.54) is 18.2 Å². The summed E-state index contributed by atoms with van der Waals surface area (Å²) in [6.45, 7) is 1.29. The van der Waals surface area contributed by atoms with Gasteiger partial charge in [-0.25, -0.2) is 8.78 Å². The van der Waals surface area contributed by atoms with E-state index in [1.807, 2.05) is 18.2 Å². The highest BCUT2D eigenvalue weighted by atomic mass is 19.1. The van der Waals surface area contributed by atoms with Crippen molar-refractivity contribution in [3.8, 4) is 11.8 Å². The Morgan fingerprint density at radius 1 is 0.852 bits per heavy atom. The minimum absolute atomic E-state index is 0.0405. The lowest BCUT2D eigenvalue weighted by atomic mass is 10.1. The number of ether oxygens (including phenoxy) is 2. The Morgan fingerprint density at radius 3 is 2.19 bits per heavy atom. The molecule has 0 spiro atoms. The summed E-state index contributed by atoms with van der Waals surface area (Å²) < 4.78 is 38.2. The molecule has 1 aliphatic rings. The van der Waals surface area contributed by atoms with Crippen molar-refractivity contribution in [3.63, 3.8) is 0 Å². The van der Waals surface area contributed by atoms with Crippen molar-refractivity contribution in [1.82, 2.24) is 10.2 Å². The van der Waals surface area contributed by atoms with Gasteiger partial charge in [0.05, 0.1) is 18.7 Å². The highest BCUT2D eigenvalue weighted by Crippen LogP contribution is 2.23. The normalized spacial score (nSPS) is 13.9. The molecule has 0 aliphatic carbocycles. The number of hydrogen-bond acceptors (Lipinski definition) is 5. The molecular formula is C20H17F2N3O2. The van der Waals surface area contributed by atoms with Gasteiger partial charge in [-0.15, -0.1) is 10.2 Å². The first-order valence-corrected chi connectivity index (χ1v) is 8.55. The van der Waals surface area contributed by atoms with Gasteiger partial charge in [0.25, 0.3) is 0 Å². The Kier molecular flexibility index (Phi) is 4.82. The summed E-state index contributed by atoms with van der Waals surface area (Å²) in [6, 6.07) is 17.0. The first-order chi connectivity index (χ1) is 13.2. The summed E-state index contributed by atoms with van der Waals surface area (Å²) in [7, 11) is 0. The van der Waals surface area contributed by atoms with E-state index in [0.717, 1.165) is 18.8 Å². The van der Waals surface area contributed by atoms with Crippen LogP contribution < -0.4 is 14.4 Å². The van der Waals surface area contributed by atoms with Crippen molar-refractivity contribution in [2.75, 3.05) is 18.0 Å². The molecule has 2 heterocycles. The van der Waals surface area contributed by atoms with Gasteiger partial charge < -0.3 is 14.4 Å². The van der Waals surface area contributed by atoms with Gasteiger partial charge in [0.2, 0.25) is 11.8 Å². The largest absolute Gasteiger partial charge is 0.471 e. The van der Waals surface area contributed by atoms with Gasteiger partial charge in [-0.1, -0.05) is 24.3 Å². The van der Waals surface area contributed by atoms with Crippen LogP contribution in [0.15, 0.2) is 60.7 Å². The van der Waals surface area contributed by atoms with E-state index in [1.54, 1.807) is 12.1 Å². The van der Waals surface area contributed by atoms with E-state index in [9.17, 15) is 8.78 Å². The summed E-state index contributed by atoms with van der Waals surface area (Å²) in [5.41, 5.74) is 1.02. The van der Waals surface area contributed by atoms with E-state index < -0.39 is 11.6 Å². The molecule has 4 rings (SSSR count). The third-order valence-corrected chi connectivity index (χ3v) is 4.30. The molecule has 0 atom stereocenters. The minimum atomic E-state index is -0.657. The SMILES string of the molecule is Fc1cccc(F)c1COc1ccc(OC2CN(c3ccccc3)C2)nn1. The summed E-state index contributed by atoms with van der Waals surface area (Å²) in [4.78, 5) is 2.21. The molecule has 3 aromatic rings. The number of rotatable bonds is 6. The number of anilines is 1. The lowest BCUT2D eigenvalue weighted by Crippen LogP contribution is -2.54.